The molecule has 0 aliphatic carbocycles. The van der Waals surface area contributed by atoms with Crippen LogP contribution in [0, 0.1) is 0 Å². The molecule has 3 heteroatoms. The summed E-state index contributed by atoms with van der Waals surface area (Å²) in [5, 5.41) is 3.44. The second-order valence-electron chi connectivity index (χ2n) is 5.46. The fraction of sp³-hybridized carbons (Fsp3) is 0.333. The molecular formula is C18H20BrNO. The average Bonchev–Trinajstić information content (AvgIpc) is 2.52. The van der Waals surface area contributed by atoms with E-state index in [0.717, 1.165) is 36.1 Å². The highest BCUT2D eigenvalue weighted by Gasteiger charge is 2.20. The lowest BCUT2D eigenvalue weighted by molar-refractivity contribution is 0.282. The molecule has 3 rings (SSSR count). The quantitative estimate of drug-likeness (QED) is 0.892. The van der Waals surface area contributed by atoms with Crippen molar-refractivity contribution < 1.29 is 4.74 Å². The Hall–Kier alpha value is -1.32. The predicted octanol–water partition coefficient (Wildman–Crippen LogP) is 4.28. The minimum atomic E-state index is 0.271. The zero-order valence-corrected chi connectivity index (χ0v) is 13.8. The van der Waals surface area contributed by atoms with Crippen molar-refractivity contribution in [1.29, 1.82) is 0 Å². The number of hydrogen-bond acceptors (Lipinski definition) is 2. The second kappa shape index (κ2) is 6.63. The van der Waals surface area contributed by atoms with Gasteiger partial charge in [-0.15, -0.1) is 0 Å². The number of aryl methyl sites for hydroxylation is 1. The van der Waals surface area contributed by atoms with Crippen LogP contribution in [0.1, 0.15) is 29.2 Å². The van der Waals surface area contributed by atoms with E-state index in [2.05, 4.69) is 63.7 Å². The SMILES string of the molecule is CNC(Cc1cccc(Br)c1)c1cccc2c1OCCC2. The third kappa shape index (κ3) is 3.30. The van der Waals surface area contributed by atoms with Crippen LogP contribution in [0.4, 0.5) is 0 Å². The minimum absolute atomic E-state index is 0.271. The Morgan fingerprint density at radius 2 is 2.10 bits per heavy atom. The Kier molecular flexibility index (Phi) is 4.61. The Morgan fingerprint density at radius 3 is 2.90 bits per heavy atom. The van der Waals surface area contributed by atoms with Crippen molar-refractivity contribution in [3.05, 3.63) is 63.6 Å². The molecule has 0 bridgehead atoms. The molecule has 0 spiro atoms. The van der Waals surface area contributed by atoms with Gasteiger partial charge in [-0.3, -0.25) is 0 Å². The van der Waals surface area contributed by atoms with Crippen molar-refractivity contribution in [2.75, 3.05) is 13.7 Å². The van der Waals surface area contributed by atoms with Crippen molar-refractivity contribution in [3.63, 3.8) is 0 Å². The smallest absolute Gasteiger partial charge is 0.127 e. The van der Waals surface area contributed by atoms with Gasteiger partial charge in [0, 0.05) is 16.1 Å². The second-order valence-corrected chi connectivity index (χ2v) is 6.38. The molecule has 0 saturated carbocycles. The summed E-state index contributed by atoms with van der Waals surface area (Å²) in [6, 6.07) is 15.3. The van der Waals surface area contributed by atoms with Gasteiger partial charge in [-0.05, 0) is 49.6 Å². The first-order valence-corrected chi connectivity index (χ1v) is 8.23. The maximum absolute atomic E-state index is 5.95. The van der Waals surface area contributed by atoms with Crippen LogP contribution < -0.4 is 10.1 Å². The van der Waals surface area contributed by atoms with E-state index in [4.69, 9.17) is 4.74 Å². The number of benzene rings is 2. The first kappa shape index (κ1) is 14.6. The van der Waals surface area contributed by atoms with E-state index in [1.165, 1.54) is 16.7 Å². The summed E-state index contributed by atoms with van der Waals surface area (Å²) in [6.45, 7) is 0.831. The van der Waals surface area contributed by atoms with Crippen molar-refractivity contribution in [2.24, 2.45) is 0 Å². The molecule has 1 atom stereocenters. The molecule has 0 fully saturated rings. The Bertz CT molecular complexity index is 626. The zero-order chi connectivity index (χ0) is 14.7. The number of nitrogens with one attached hydrogen (secondary N) is 1. The van der Waals surface area contributed by atoms with E-state index >= 15 is 0 Å². The molecule has 1 N–H and O–H groups in total. The standard InChI is InChI=1S/C18H20BrNO/c1-20-17(12-13-5-2-8-15(19)11-13)16-9-3-6-14-7-4-10-21-18(14)16/h2-3,5-6,8-9,11,17,20H,4,7,10,12H2,1H3. The molecule has 0 aromatic heterocycles. The van der Waals surface area contributed by atoms with Crippen LogP contribution in [-0.2, 0) is 12.8 Å². The summed E-state index contributed by atoms with van der Waals surface area (Å²) in [5.41, 5.74) is 3.93. The Morgan fingerprint density at radius 1 is 1.24 bits per heavy atom. The van der Waals surface area contributed by atoms with Crippen LogP contribution in [0.5, 0.6) is 5.75 Å². The number of fused-ring (bicyclic) bond motifs is 1. The molecule has 110 valence electrons. The van der Waals surface area contributed by atoms with E-state index in [0.29, 0.717) is 0 Å². The topological polar surface area (TPSA) is 21.3 Å². The lowest BCUT2D eigenvalue weighted by Gasteiger charge is -2.25. The summed E-state index contributed by atoms with van der Waals surface area (Å²) in [5.74, 6) is 1.10. The maximum Gasteiger partial charge on any atom is 0.127 e. The van der Waals surface area contributed by atoms with Gasteiger partial charge in [0.1, 0.15) is 5.75 Å². The summed E-state index contributed by atoms with van der Waals surface area (Å²) < 4.78 is 7.08. The molecule has 2 aromatic rings. The normalized spacial score (nSPS) is 15.1. The van der Waals surface area contributed by atoms with Gasteiger partial charge in [-0.1, -0.05) is 46.3 Å². The van der Waals surface area contributed by atoms with E-state index in [9.17, 15) is 0 Å². The van der Waals surface area contributed by atoms with Gasteiger partial charge in [0.2, 0.25) is 0 Å². The van der Waals surface area contributed by atoms with Crippen LogP contribution in [0.25, 0.3) is 0 Å². The Balaban J connectivity index is 1.90. The maximum atomic E-state index is 5.95. The molecule has 0 saturated heterocycles. The molecule has 2 aromatic carbocycles. The summed E-state index contributed by atoms with van der Waals surface area (Å²) >= 11 is 3.55. The average molecular weight is 346 g/mol. The summed E-state index contributed by atoms with van der Waals surface area (Å²) in [6.07, 6.45) is 3.19. The van der Waals surface area contributed by atoms with E-state index in [1.807, 2.05) is 7.05 Å². The molecule has 0 radical (unpaired) electrons. The molecule has 2 nitrogen and oxygen atoms in total. The Labute approximate surface area is 134 Å². The molecular weight excluding hydrogens is 326 g/mol. The summed E-state index contributed by atoms with van der Waals surface area (Å²) in [7, 11) is 2.02. The molecule has 1 heterocycles. The van der Waals surface area contributed by atoms with Crippen LogP contribution in [0.3, 0.4) is 0 Å². The number of ether oxygens (including phenoxy) is 1. The third-order valence-corrected chi connectivity index (χ3v) is 4.51. The van der Waals surface area contributed by atoms with Crippen LogP contribution >= 0.6 is 15.9 Å². The van der Waals surface area contributed by atoms with Crippen molar-refractivity contribution in [3.8, 4) is 5.75 Å². The van der Waals surface area contributed by atoms with Crippen LogP contribution in [-0.4, -0.2) is 13.7 Å². The van der Waals surface area contributed by atoms with Gasteiger partial charge < -0.3 is 10.1 Å². The fourth-order valence-electron chi connectivity index (χ4n) is 2.96. The van der Waals surface area contributed by atoms with Gasteiger partial charge in [-0.25, -0.2) is 0 Å². The first-order valence-electron chi connectivity index (χ1n) is 7.44. The lowest BCUT2D eigenvalue weighted by Crippen LogP contribution is -2.21. The number of para-hydroxylation sites is 1. The van der Waals surface area contributed by atoms with Gasteiger partial charge in [0.05, 0.1) is 6.61 Å². The van der Waals surface area contributed by atoms with Crippen molar-refractivity contribution in [1.82, 2.24) is 5.32 Å². The van der Waals surface area contributed by atoms with E-state index in [-0.39, 0.29) is 6.04 Å². The largest absolute Gasteiger partial charge is 0.493 e. The molecule has 1 aliphatic heterocycles. The number of hydrogen-bond donors (Lipinski definition) is 1. The fourth-order valence-corrected chi connectivity index (χ4v) is 3.40. The van der Waals surface area contributed by atoms with Gasteiger partial charge in [0.15, 0.2) is 0 Å². The minimum Gasteiger partial charge on any atom is -0.493 e. The number of likely N-dealkylation sites (N-methyl/N-ethyl adjacent to an activating group) is 1. The number of rotatable bonds is 4. The highest BCUT2D eigenvalue weighted by atomic mass is 79.9. The monoisotopic (exact) mass is 345 g/mol. The molecule has 0 amide bonds. The van der Waals surface area contributed by atoms with Crippen LogP contribution in [0.15, 0.2) is 46.9 Å². The van der Waals surface area contributed by atoms with E-state index in [1.54, 1.807) is 0 Å². The molecule has 1 aliphatic rings. The lowest BCUT2D eigenvalue weighted by atomic mass is 9.94. The van der Waals surface area contributed by atoms with E-state index < -0.39 is 0 Å². The van der Waals surface area contributed by atoms with Crippen LogP contribution in [0.2, 0.25) is 0 Å². The van der Waals surface area contributed by atoms with Gasteiger partial charge >= 0.3 is 0 Å². The number of halogens is 1. The van der Waals surface area contributed by atoms with Crippen molar-refractivity contribution >= 4 is 15.9 Å². The molecule has 21 heavy (non-hydrogen) atoms. The summed E-state index contributed by atoms with van der Waals surface area (Å²) in [4.78, 5) is 0. The van der Waals surface area contributed by atoms with Crippen molar-refractivity contribution in [2.45, 2.75) is 25.3 Å². The third-order valence-electron chi connectivity index (χ3n) is 4.02. The predicted molar refractivity (Wildman–Crippen MR) is 89.9 cm³/mol. The molecule has 1 unspecified atom stereocenters. The highest BCUT2D eigenvalue weighted by Crippen LogP contribution is 2.34. The zero-order valence-electron chi connectivity index (χ0n) is 12.2. The van der Waals surface area contributed by atoms with Gasteiger partial charge in [0.25, 0.3) is 0 Å². The highest BCUT2D eigenvalue weighted by molar-refractivity contribution is 9.10. The first-order chi connectivity index (χ1) is 10.3. The van der Waals surface area contributed by atoms with Gasteiger partial charge in [-0.2, -0.15) is 0 Å².